The molecular formula is C9H9BrO. The van der Waals surface area contributed by atoms with Crippen molar-refractivity contribution in [2.45, 2.75) is 6.92 Å². The van der Waals surface area contributed by atoms with E-state index in [-0.39, 0.29) is 5.75 Å². The Kier molecular flexibility index (Phi) is 2.35. The van der Waals surface area contributed by atoms with Crippen LogP contribution in [0.3, 0.4) is 0 Å². The standard InChI is InChI=1S/C9H9BrO/c1-6(2)7-3-8(10)5-9(11)4-7/h3-5,11H,1H2,2H3. The van der Waals surface area contributed by atoms with E-state index in [1.807, 2.05) is 13.0 Å². The van der Waals surface area contributed by atoms with Crippen molar-refractivity contribution >= 4 is 21.5 Å². The quantitative estimate of drug-likeness (QED) is 0.759. The highest BCUT2D eigenvalue weighted by molar-refractivity contribution is 9.10. The van der Waals surface area contributed by atoms with Gasteiger partial charge in [-0.2, -0.15) is 0 Å². The van der Waals surface area contributed by atoms with Crippen LogP contribution in [0.25, 0.3) is 5.57 Å². The van der Waals surface area contributed by atoms with Gasteiger partial charge in [0.2, 0.25) is 0 Å². The SMILES string of the molecule is C=C(C)c1cc(O)cc(Br)c1. The fraction of sp³-hybridized carbons (Fsp3) is 0.111. The molecule has 1 aromatic rings. The van der Waals surface area contributed by atoms with Crippen molar-refractivity contribution < 1.29 is 5.11 Å². The van der Waals surface area contributed by atoms with Crippen LogP contribution in [0, 0.1) is 0 Å². The van der Waals surface area contributed by atoms with E-state index < -0.39 is 0 Å². The Morgan fingerprint density at radius 1 is 1.45 bits per heavy atom. The fourth-order valence-electron chi connectivity index (χ4n) is 0.821. The number of allylic oxidation sites excluding steroid dienone is 1. The second-order valence-corrected chi connectivity index (χ2v) is 3.39. The topological polar surface area (TPSA) is 20.2 Å². The first-order valence-electron chi connectivity index (χ1n) is 3.25. The first-order chi connectivity index (χ1) is 5.09. The molecule has 2 heteroatoms. The summed E-state index contributed by atoms with van der Waals surface area (Å²) in [6, 6.07) is 5.25. The van der Waals surface area contributed by atoms with Crippen LogP contribution in [0.5, 0.6) is 5.75 Å². The average molecular weight is 213 g/mol. The van der Waals surface area contributed by atoms with E-state index in [0.29, 0.717) is 0 Å². The molecule has 11 heavy (non-hydrogen) atoms. The predicted molar refractivity (Wildman–Crippen MR) is 50.5 cm³/mol. The molecule has 0 atom stereocenters. The molecule has 0 saturated heterocycles. The highest BCUT2D eigenvalue weighted by Gasteiger charge is 1.97. The Bertz CT molecular complexity index is 271. The van der Waals surface area contributed by atoms with Gasteiger partial charge in [-0.15, -0.1) is 0 Å². The van der Waals surface area contributed by atoms with Crippen LogP contribution in [0.4, 0.5) is 0 Å². The monoisotopic (exact) mass is 212 g/mol. The predicted octanol–water partition coefficient (Wildman–Crippen LogP) is 3.19. The number of hydrogen-bond donors (Lipinski definition) is 1. The molecule has 1 rings (SSSR count). The maximum atomic E-state index is 9.17. The minimum atomic E-state index is 0.261. The summed E-state index contributed by atoms with van der Waals surface area (Å²) in [5.74, 6) is 0.261. The van der Waals surface area contributed by atoms with E-state index in [0.717, 1.165) is 15.6 Å². The zero-order chi connectivity index (χ0) is 8.43. The Balaban J connectivity index is 3.19. The van der Waals surface area contributed by atoms with E-state index in [1.165, 1.54) is 0 Å². The minimum absolute atomic E-state index is 0.261. The molecule has 1 aromatic carbocycles. The third kappa shape index (κ3) is 2.09. The van der Waals surface area contributed by atoms with Gasteiger partial charge >= 0.3 is 0 Å². The summed E-state index contributed by atoms with van der Waals surface area (Å²) in [5, 5.41) is 9.17. The summed E-state index contributed by atoms with van der Waals surface area (Å²) in [6.45, 7) is 5.68. The molecule has 0 saturated carbocycles. The first-order valence-corrected chi connectivity index (χ1v) is 4.04. The Hall–Kier alpha value is -0.760. The first kappa shape index (κ1) is 8.34. The highest BCUT2D eigenvalue weighted by Crippen LogP contribution is 2.23. The smallest absolute Gasteiger partial charge is 0.117 e. The summed E-state index contributed by atoms with van der Waals surface area (Å²) >= 11 is 3.28. The van der Waals surface area contributed by atoms with E-state index in [4.69, 9.17) is 0 Å². The van der Waals surface area contributed by atoms with Crippen molar-refractivity contribution in [2.24, 2.45) is 0 Å². The lowest BCUT2D eigenvalue weighted by Crippen LogP contribution is -1.77. The van der Waals surface area contributed by atoms with Crippen molar-refractivity contribution in [3.05, 3.63) is 34.8 Å². The summed E-state index contributed by atoms with van der Waals surface area (Å²) in [4.78, 5) is 0. The van der Waals surface area contributed by atoms with Gasteiger partial charge in [0.05, 0.1) is 0 Å². The van der Waals surface area contributed by atoms with Gasteiger partial charge in [-0.25, -0.2) is 0 Å². The zero-order valence-corrected chi connectivity index (χ0v) is 7.85. The molecule has 0 fully saturated rings. The average Bonchev–Trinajstić information content (AvgIpc) is 1.85. The van der Waals surface area contributed by atoms with Gasteiger partial charge in [0.15, 0.2) is 0 Å². The Morgan fingerprint density at radius 2 is 2.09 bits per heavy atom. The van der Waals surface area contributed by atoms with Crippen molar-refractivity contribution in [1.82, 2.24) is 0 Å². The number of phenolic OH excluding ortho intramolecular Hbond substituents is 1. The number of phenols is 1. The second kappa shape index (κ2) is 3.09. The van der Waals surface area contributed by atoms with Crippen LogP contribution in [-0.2, 0) is 0 Å². The fourth-order valence-corrected chi connectivity index (χ4v) is 1.30. The van der Waals surface area contributed by atoms with E-state index in [1.54, 1.807) is 12.1 Å². The number of rotatable bonds is 1. The second-order valence-electron chi connectivity index (χ2n) is 2.48. The van der Waals surface area contributed by atoms with Gasteiger partial charge in [0.25, 0.3) is 0 Å². The molecule has 0 aliphatic carbocycles. The van der Waals surface area contributed by atoms with E-state index in [2.05, 4.69) is 22.5 Å². The normalized spacial score (nSPS) is 9.64. The van der Waals surface area contributed by atoms with Gasteiger partial charge in [0, 0.05) is 4.47 Å². The molecule has 1 nitrogen and oxygen atoms in total. The van der Waals surface area contributed by atoms with Gasteiger partial charge in [-0.05, 0) is 30.7 Å². The van der Waals surface area contributed by atoms with Crippen molar-refractivity contribution in [3.63, 3.8) is 0 Å². The summed E-state index contributed by atoms with van der Waals surface area (Å²) in [6.07, 6.45) is 0. The van der Waals surface area contributed by atoms with Crippen molar-refractivity contribution in [2.75, 3.05) is 0 Å². The largest absolute Gasteiger partial charge is 0.508 e. The zero-order valence-electron chi connectivity index (χ0n) is 6.26. The molecule has 0 radical (unpaired) electrons. The Labute approximate surface area is 74.5 Å². The highest BCUT2D eigenvalue weighted by atomic mass is 79.9. The molecule has 0 bridgehead atoms. The lowest BCUT2D eigenvalue weighted by atomic mass is 10.1. The van der Waals surface area contributed by atoms with E-state index >= 15 is 0 Å². The van der Waals surface area contributed by atoms with Crippen LogP contribution in [0.15, 0.2) is 29.3 Å². The molecule has 1 N–H and O–H groups in total. The molecule has 0 spiro atoms. The summed E-state index contributed by atoms with van der Waals surface area (Å²) < 4.78 is 0.871. The van der Waals surface area contributed by atoms with Gasteiger partial charge in [0.1, 0.15) is 5.75 Å². The Morgan fingerprint density at radius 3 is 2.55 bits per heavy atom. The van der Waals surface area contributed by atoms with Crippen LogP contribution in [0.2, 0.25) is 0 Å². The van der Waals surface area contributed by atoms with Crippen LogP contribution < -0.4 is 0 Å². The van der Waals surface area contributed by atoms with Gasteiger partial charge in [-0.1, -0.05) is 28.1 Å². The van der Waals surface area contributed by atoms with Gasteiger partial charge < -0.3 is 5.11 Å². The molecular weight excluding hydrogens is 204 g/mol. The maximum Gasteiger partial charge on any atom is 0.117 e. The third-order valence-electron chi connectivity index (χ3n) is 1.38. The molecule has 0 aromatic heterocycles. The van der Waals surface area contributed by atoms with Crippen LogP contribution in [-0.4, -0.2) is 5.11 Å². The number of aromatic hydroxyl groups is 1. The minimum Gasteiger partial charge on any atom is -0.508 e. The lowest BCUT2D eigenvalue weighted by molar-refractivity contribution is 0.475. The number of benzene rings is 1. The van der Waals surface area contributed by atoms with Crippen LogP contribution in [0.1, 0.15) is 12.5 Å². The molecule has 0 heterocycles. The number of halogens is 1. The molecule has 0 aliphatic rings. The third-order valence-corrected chi connectivity index (χ3v) is 1.83. The molecule has 0 unspecified atom stereocenters. The van der Waals surface area contributed by atoms with E-state index in [9.17, 15) is 5.11 Å². The van der Waals surface area contributed by atoms with Crippen LogP contribution >= 0.6 is 15.9 Å². The molecule has 0 aliphatic heterocycles. The summed E-state index contributed by atoms with van der Waals surface area (Å²) in [5.41, 5.74) is 1.90. The van der Waals surface area contributed by atoms with Gasteiger partial charge in [-0.3, -0.25) is 0 Å². The molecule has 0 amide bonds. The van der Waals surface area contributed by atoms with Crippen molar-refractivity contribution in [1.29, 1.82) is 0 Å². The molecule has 58 valence electrons. The lowest BCUT2D eigenvalue weighted by Gasteiger charge is -2.00. The summed E-state index contributed by atoms with van der Waals surface area (Å²) in [7, 11) is 0. The van der Waals surface area contributed by atoms with Crippen molar-refractivity contribution in [3.8, 4) is 5.75 Å². The maximum absolute atomic E-state index is 9.17. The number of hydrogen-bond acceptors (Lipinski definition) is 1.